The number of non-ortho nitro benzene ring substituents is 1. The molecule has 1 atom stereocenters. The molecule has 0 amide bonds. The van der Waals surface area contributed by atoms with Crippen LogP contribution in [0.4, 0.5) is 11.4 Å². The average molecular weight is 336 g/mol. The predicted molar refractivity (Wildman–Crippen MR) is 93.2 cm³/mol. The normalized spacial score (nSPS) is 15.8. The highest BCUT2D eigenvalue weighted by Crippen LogP contribution is 2.43. The third-order valence-electron chi connectivity index (χ3n) is 4.13. The quantitative estimate of drug-likeness (QED) is 0.682. The minimum Gasteiger partial charge on any atom is -0.440 e. The van der Waals surface area contributed by atoms with Gasteiger partial charge in [0.05, 0.1) is 10.8 Å². The SMILES string of the molecule is CN(C)c1ccc2c(c1)OC(N)=C(C#N)C2c1cccc([N+](=O)[O-])c1. The van der Waals surface area contributed by atoms with Crippen molar-refractivity contribution in [3.63, 3.8) is 0 Å². The van der Waals surface area contributed by atoms with E-state index in [2.05, 4.69) is 6.07 Å². The van der Waals surface area contributed by atoms with E-state index in [0.29, 0.717) is 11.3 Å². The highest BCUT2D eigenvalue weighted by molar-refractivity contribution is 5.61. The Morgan fingerprint density at radius 3 is 2.68 bits per heavy atom. The molecule has 2 aromatic carbocycles. The van der Waals surface area contributed by atoms with E-state index in [4.69, 9.17) is 10.5 Å². The summed E-state index contributed by atoms with van der Waals surface area (Å²) in [6.07, 6.45) is 0. The summed E-state index contributed by atoms with van der Waals surface area (Å²) >= 11 is 0. The van der Waals surface area contributed by atoms with Gasteiger partial charge in [-0.25, -0.2) is 0 Å². The predicted octanol–water partition coefficient (Wildman–Crippen LogP) is 2.88. The molecule has 0 saturated carbocycles. The van der Waals surface area contributed by atoms with Crippen molar-refractivity contribution in [1.82, 2.24) is 0 Å². The van der Waals surface area contributed by atoms with E-state index in [1.165, 1.54) is 12.1 Å². The van der Waals surface area contributed by atoms with Gasteiger partial charge in [-0.05, 0) is 11.6 Å². The first-order chi connectivity index (χ1) is 11.9. The molecule has 0 radical (unpaired) electrons. The van der Waals surface area contributed by atoms with Crippen molar-refractivity contribution in [3.8, 4) is 11.8 Å². The molecule has 0 spiro atoms. The number of ether oxygens (including phenoxy) is 1. The maximum absolute atomic E-state index is 11.1. The number of fused-ring (bicyclic) bond motifs is 1. The van der Waals surface area contributed by atoms with Crippen molar-refractivity contribution in [2.75, 3.05) is 19.0 Å². The van der Waals surface area contributed by atoms with Gasteiger partial charge in [0, 0.05) is 43.5 Å². The summed E-state index contributed by atoms with van der Waals surface area (Å²) in [6.45, 7) is 0. The van der Waals surface area contributed by atoms with Crippen LogP contribution in [0.5, 0.6) is 5.75 Å². The molecule has 0 aromatic heterocycles. The number of nitro benzene ring substituents is 1. The van der Waals surface area contributed by atoms with E-state index < -0.39 is 10.8 Å². The number of nitriles is 1. The van der Waals surface area contributed by atoms with Crippen LogP contribution in [0.15, 0.2) is 53.9 Å². The molecule has 2 N–H and O–H groups in total. The molecule has 25 heavy (non-hydrogen) atoms. The fourth-order valence-electron chi connectivity index (χ4n) is 2.88. The van der Waals surface area contributed by atoms with Gasteiger partial charge in [0.1, 0.15) is 17.4 Å². The molecule has 0 aliphatic carbocycles. The Hall–Kier alpha value is -3.53. The maximum Gasteiger partial charge on any atom is 0.269 e. The molecule has 126 valence electrons. The van der Waals surface area contributed by atoms with Crippen LogP contribution in [0, 0.1) is 21.4 Å². The van der Waals surface area contributed by atoms with Crippen LogP contribution in [-0.4, -0.2) is 19.0 Å². The molecule has 7 nitrogen and oxygen atoms in total. The Bertz CT molecular complexity index is 928. The summed E-state index contributed by atoms with van der Waals surface area (Å²) in [5.41, 5.74) is 8.44. The van der Waals surface area contributed by atoms with Gasteiger partial charge in [-0.15, -0.1) is 0 Å². The molecule has 0 fully saturated rings. The van der Waals surface area contributed by atoms with Crippen LogP contribution < -0.4 is 15.4 Å². The lowest BCUT2D eigenvalue weighted by Gasteiger charge is -2.27. The van der Waals surface area contributed by atoms with Crippen molar-refractivity contribution in [2.24, 2.45) is 5.73 Å². The summed E-state index contributed by atoms with van der Waals surface area (Å²) in [5.74, 6) is 0.0477. The summed E-state index contributed by atoms with van der Waals surface area (Å²) in [5, 5.41) is 20.6. The van der Waals surface area contributed by atoms with E-state index in [9.17, 15) is 15.4 Å². The van der Waals surface area contributed by atoms with E-state index >= 15 is 0 Å². The molecule has 3 rings (SSSR count). The summed E-state index contributed by atoms with van der Waals surface area (Å²) in [4.78, 5) is 12.6. The number of allylic oxidation sites excluding steroid dienone is 1. The molecule has 1 unspecified atom stereocenters. The van der Waals surface area contributed by atoms with Crippen molar-refractivity contribution < 1.29 is 9.66 Å². The van der Waals surface area contributed by atoms with Crippen molar-refractivity contribution >= 4 is 11.4 Å². The number of nitrogens with two attached hydrogens (primary N) is 1. The lowest BCUT2D eigenvalue weighted by atomic mass is 9.83. The Labute approximate surface area is 144 Å². The highest BCUT2D eigenvalue weighted by atomic mass is 16.6. The topological polar surface area (TPSA) is 105 Å². The number of anilines is 1. The first-order valence-electron chi connectivity index (χ1n) is 7.55. The summed E-state index contributed by atoms with van der Waals surface area (Å²) in [7, 11) is 3.81. The number of rotatable bonds is 3. The van der Waals surface area contributed by atoms with E-state index in [1.807, 2.05) is 37.2 Å². The first kappa shape index (κ1) is 16.3. The second-order valence-electron chi connectivity index (χ2n) is 5.89. The van der Waals surface area contributed by atoms with Crippen LogP contribution in [0.2, 0.25) is 0 Å². The standard InChI is InChI=1S/C18H16N4O3/c1-21(2)12-6-7-14-16(9-12)25-18(20)15(10-19)17(14)11-4-3-5-13(8-11)22(23)24/h3-9,17H,20H2,1-2H3. The van der Waals surface area contributed by atoms with Crippen LogP contribution in [0.1, 0.15) is 17.0 Å². The van der Waals surface area contributed by atoms with Crippen LogP contribution in [-0.2, 0) is 0 Å². The monoisotopic (exact) mass is 336 g/mol. The zero-order valence-electron chi connectivity index (χ0n) is 13.8. The van der Waals surface area contributed by atoms with Gasteiger partial charge in [0.2, 0.25) is 5.88 Å². The Morgan fingerprint density at radius 2 is 2.04 bits per heavy atom. The smallest absolute Gasteiger partial charge is 0.269 e. The zero-order chi connectivity index (χ0) is 18.1. The number of hydrogen-bond acceptors (Lipinski definition) is 6. The zero-order valence-corrected chi connectivity index (χ0v) is 13.8. The average Bonchev–Trinajstić information content (AvgIpc) is 2.59. The molecule has 0 bridgehead atoms. The summed E-state index contributed by atoms with van der Waals surface area (Å²) in [6, 6.07) is 13.9. The number of benzene rings is 2. The van der Waals surface area contributed by atoms with E-state index in [-0.39, 0.29) is 17.1 Å². The van der Waals surface area contributed by atoms with E-state index in [1.54, 1.807) is 12.1 Å². The molecular weight excluding hydrogens is 320 g/mol. The Morgan fingerprint density at radius 1 is 1.28 bits per heavy atom. The number of nitrogens with zero attached hydrogens (tertiary/aromatic N) is 3. The molecule has 1 aliphatic heterocycles. The third kappa shape index (κ3) is 2.85. The van der Waals surface area contributed by atoms with Gasteiger partial charge < -0.3 is 15.4 Å². The van der Waals surface area contributed by atoms with Gasteiger partial charge in [0.25, 0.3) is 5.69 Å². The van der Waals surface area contributed by atoms with Crippen molar-refractivity contribution in [3.05, 3.63) is 75.2 Å². The fraction of sp³-hybridized carbons (Fsp3) is 0.167. The highest BCUT2D eigenvalue weighted by Gasteiger charge is 2.31. The number of nitro groups is 1. The molecule has 1 heterocycles. The summed E-state index contributed by atoms with van der Waals surface area (Å²) < 4.78 is 5.63. The maximum atomic E-state index is 11.1. The minimum atomic E-state index is -0.509. The molecule has 1 aliphatic rings. The molecule has 2 aromatic rings. The second kappa shape index (κ2) is 6.17. The van der Waals surface area contributed by atoms with Gasteiger partial charge in [-0.1, -0.05) is 18.2 Å². The van der Waals surface area contributed by atoms with Crippen LogP contribution in [0.25, 0.3) is 0 Å². The lowest BCUT2D eigenvalue weighted by Crippen LogP contribution is -2.21. The molecular formula is C18H16N4O3. The van der Waals surface area contributed by atoms with Crippen molar-refractivity contribution in [2.45, 2.75) is 5.92 Å². The largest absolute Gasteiger partial charge is 0.440 e. The Kier molecular flexibility index (Phi) is 4.03. The molecule has 7 heteroatoms. The number of hydrogen-bond donors (Lipinski definition) is 1. The molecule has 0 saturated heterocycles. The van der Waals surface area contributed by atoms with Crippen LogP contribution in [0.3, 0.4) is 0 Å². The first-order valence-corrected chi connectivity index (χ1v) is 7.55. The Balaban J connectivity index is 2.19. The lowest BCUT2D eigenvalue weighted by molar-refractivity contribution is -0.384. The van der Waals surface area contributed by atoms with Crippen molar-refractivity contribution in [1.29, 1.82) is 5.26 Å². The second-order valence-corrected chi connectivity index (χ2v) is 5.89. The van der Waals surface area contributed by atoms with Gasteiger partial charge >= 0.3 is 0 Å². The minimum absolute atomic E-state index is 0.0161. The van der Waals surface area contributed by atoms with E-state index in [0.717, 1.165) is 11.3 Å². The third-order valence-corrected chi connectivity index (χ3v) is 4.13. The van der Waals surface area contributed by atoms with Gasteiger partial charge in [0.15, 0.2) is 0 Å². The van der Waals surface area contributed by atoms with Gasteiger partial charge in [-0.3, -0.25) is 10.1 Å². The van der Waals surface area contributed by atoms with Crippen LogP contribution >= 0.6 is 0 Å². The fourth-order valence-corrected chi connectivity index (χ4v) is 2.88. The van der Waals surface area contributed by atoms with Gasteiger partial charge in [-0.2, -0.15) is 5.26 Å².